The molecular formula is C22H39N3O4. The third-order valence-corrected chi connectivity index (χ3v) is 6.77. The molecule has 1 atom stereocenters. The van der Waals surface area contributed by atoms with E-state index in [1.54, 1.807) is 0 Å². The number of hydrogen-bond acceptors (Lipinski definition) is 6. The molecule has 0 aromatic rings. The number of nitrogens with zero attached hydrogens (tertiary/aromatic N) is 2. The van der Waals surface area contributed by atoms with Gasteiger partial charge in [-0.3, -0.25) is 14.5 Å². The summed E-state index contributed by atoms with van der Waals surface area (Å²) in [7, 11) is 0. The molecule has 1 saturated carbocycles. The van der Waals surface area contributed by atoms with Crippen LogP contribution in [-0.4, -0.2) is 79.3 Å². The van der Waals surface area contributed by atoms with Crippen LogP contribution in [-0.2, 0) is 19.1 Å². The second-order valence-corrected chi connectivity index (χ2v) is 8.87. The van der Waals surface area contributed by atoms with Gasteiger partial charge in [-0.2, -0.15) is 0 Å². The second kappa shape index (κ2) is 11.3. The number of ether oxygens (including phenoxy) is 2. The summed E-state index contributed by atoms with van der Waals surface area (Å²) in [6.45, 7) is 5.90. The zero-order valence-electron chi connectivity index (χ0n) is 18.0. The summed E-state index contributed by atoms with van der Waals surface area (Å²) in [6.07, 6.45) is 10.1. The Bertz CT molecular complexity index is 522. The molecule has 2 N–H and O–H groups in total. The number of piperidine rings is 2. The Morgan fingerprint density at radius 1 is 0.931 bits per heavy atom. The predicted octanol–water partition coefficient (Wildman–Crippen LogP) is 1.93. The van der Waals surface area contributed by atoms with E-state index in [0.717, 1.165) is 64.7 Å². The summed E-state index contributed by atoms with van der Waals surface area (Å²) in [5.41, 5.74) is 6.31. The molecule has 0 spiro atoms. The summed E-state index contributed by atoms with van der Waals surface area (Å²) in [6, 6.07) is -0.323. The molecule has 3 fully saturated rings. The molecule has 2 saturated heterocycles. The number of carbonyl (C=O) groups excluding carboxylic acids is 2. The molecule has 0 aromatic heterocycles. The topological polar surface area (TPSA) is 85.1 Å². The highest BCUT2D eigenvalue weighted by Gasteiger charge is 2.33. The molecule has 7 heteroatoms. The van der Waals surface area contributed by atoms with Crippen LogP contribution in [0.25, 0.3) is 0 Å². The highest BCUT2D eigenvalue weighted by atomic mass is 16.5. The minimum atomic E-state index is -0.323. The average molecular weight is 410 g/mol. The van der Waals surface area contributed by atoms with E-state index in [9.17, 15) is 9.59 Å². The molecule has 2 heterocycles. The minimum Gasteiger partial charge on any atom is -0.465 e. The van der Waals surface area contributed by atoms with Crippen LogP contribution in [0.1, 0.15) is 64.7 Å². The van der Waals surface area contributed by atoms with E-state index in [1.807, 2.05) is 11.8 Å². The van der Waals surface area contributed by atoms with Gasteiger partial charge in [0.05, 0.1) is 31.4 Å². The number of carbonyl (C=O) groups is 2. The number of esters is 1. The maximum absolute atomic E-state index is 12.8. The van der Waals surface area contributed by atoms with E-state index >= 15 is 0 Å². The van der Waals surface area contributed by atoms with Crippen LogP contribution in [0.3, 0.4) is 0 Å². The number of nitrogens with two attached hydrogens (primary N) is 1. The van der Waals surface area contributed by atoms with Crippen LogP contribution in [0.2, 0.25) is 0 Å². The molecule has 7 nitrogen and oxygen atoms in total. The molecule has 1 amide bonds. The van der Waals surface area contributed by atoms with Crippen molar-refractivity contribution in [3.63, 3.8) is 0 Å². The Labute approximate surface area is 175 Å². The van der Waals surface area contributed by atoms with E-state index in [1.165, 1.54) is 19.3 Å². The number of rotatable bonds is 7. The Morgan fingerprint density at radius 2 is 1.52 bits per heavy atom. The largest absolute Gasteiger partial charge is 0.465 e. The van der Waals surface area contributed by atoms with Gasteiger partial charge in [0.15, 0.2) is 0 Å². The van der Waals surface area contributed by atoms with E-state index in [0.29, 0.717) is 19.1 Å². The molecule has 0 unspecified atom stereocenters. The normalized spacial score (nSPS) is 24.4. The van der Waals surface area contributed by atoms with E-state index in [2.05, 4.69) is 4.90 Å². The first-order chi connectivity index (χ1) is 14.1. The fourth-order valence-electron chi connectivity index (χ4n) is 4.98. The van der Waals surface area contributed by atoms with Crippen molar-refractivity contribution >= 4 is 11.9 Å². The van der Waals surface area contributed by atoms with Gasteiger partial charge in [-0.25, -0.2) is 0 Å². The van der Waals surface area contributed by atoms with Crippen LogP contribution in [0.5, 0.6) is 0 Å². The summed E-state index contributed by atoms with van der Waals surface area (Å²) in [5.74, 6) is 0.364. The average Bonchev–Trinajstić information content (AvgIpc) is 2.75. The zero-order valence-corrected chi connectivity index (χ0v) is 18.0. The Balaban J connectivity index is 1.34. The third-order valence-electron chi connectivity index (χ3n) is 6.77. The molecule has 0 radical (unpaired) electrons. The lowest BCUT2D eigenvalue weighted by molar-refractivity contribution is -0.146. The smallest absolute Gasteiger partial charge is 0.320 e. The highest BCUT2D eigenvalue weighted by molar-refractivity contribution is 5.82. The first kappa shape index (κ1) is 22.5. The highest BCUT2D eigenvalue weighted by Crippen LogP contribution is 2.27. The molecular weight excluding hydrogens is 370 g/mol. The molecule has 0 aromatic carbocycles. The Kier molecular flexibility index (Phi) is 8.75. The Morgan fingerprint density at radius 3 is 2.10 bits per heavy atom. The van der Waals surface area contributed by atoms with Gasteiger partial charge in [0.25, 0.3) is 0 Å². The van der Waals surface area contributed by atoms with Crippen LogP contribution < -0.4 is 5.73 Å². The van der Waals surface area contributed by atoms with Crippen molar-refractivity contribution in [3.8, 4) is 0 Å². The molecule has 166 valence electrons. The van der Waals surface area contributed by atoms with Crippen LogP contribution >= 0.6 is 0 Å². The molecule has 1 aliphatic carbocycles. The first-order valence-electron chi connectivity index (χ1n) is 11.6. The van der Waals surface area contributed by atoms with Crippen molar-refractivity contribution in [1.29, 1.82) is 0 Å². The zero-order chi connectivity index (χ0) is 20.6. The molecule has 29 heavy (non-hydrogen) atoms. The van der Waals surface area contributed by atoms with Crippen molar-refractivity contribution in [3.05, 3.63) is 0 Å². The fraction of sp³-hybridized carbons (Fsp3) is 0.909. The monoisotopic (exact) mass is 409 g/mol. The van der Waals surface area contributed by atoms with Gasteiger partial charge in [0.1, 0.15) is 0 Å². The van der Waals surface area contributed by atoms with Crippen LogP contribution in [0.4, 0.5) is 0 Å². The second-order valence-electron chi connectivity index (χ2n) is 8.87. The van der Waals surface area contributed by atoms with Crippen molar-refractivity contribution in [1.82, 2.24) is 9.80 Å². The maximum atomic E-state index is 12.8. The van der Waals surface area contributed by atoms with Crippen molar-refractivity contribution in [2.24, 2.45) is 11.7 Å². The van der Waals surface area contributed by atoms with Crippen LogP contribution in [0, 0.1) is 5.92 Å². The summed E-state index contributed by atoms with van der Waals surface area (Å²) >= 11 is 0. The summed E-state index contributed by atoms with van der Waals surface area (Å²) < 4.78 is 11.4. The lowest BCUT2D eigenvalue weighted by Gasteiger charge is -2.38. The number of likely N-dealkylation sites (tertiary alicyclic amines) is 2. The summed E-state index contributed by atoms with van der Waals surface area (Å²) in [5, 5.41) is 0. The van der Waals surface area contributed by atoms with Gasteiger partial charge in [-0.05, 0) is 51.4 Å². The Hall–Kier alpha value is -1.18. The van der Waals surface area contributed by atoms with Gasteiger partial charge in [0, 0.05) is 26.2 Å². The first-order valence-corrected chi connectivity index (χ1v) is 11.6. The predicted molar refractivity (Wildman–Crippen MR) is 111 cm³/mol. The standard InChI is InChI=1S/C22H39N3O4/c1-2-28-20(26)16-24-12-8-18(9-13-24)29-19-10-14-25(15-11-19)22(27)21(23)17-6-4-3-5-7-17/h17-19,21H,2-16,23H2,1H3/t21-/m1/s1. The fourth-order valence-corrected chi connectivity index (χ4v) is 4.98. The van der Waals surface area contributed by atoms with Crippen LogP contribution in [0.15, 0.2) is 0 Å². The quantitative estimate of drug-likeness (QED) is 0.647. The van der Waals surface area contributed by atoms with Gasteiger partial charge in [-0.1, -0.05) is 19.3 Å². The molecule has 3 rings (SSSR count). The molecule has 3 aliphatic rings. The maximum Gasteiger partial charge on any atom is 0.320 e. The van der Waals surface area contributed by atoms with Crippen molar-refractivity contribution in [2.75, 3.05) is 39.3 Å². The lowest BCUT2D eigenvalue weighted by Crippen LogP contribution is -2.51. The molecule has 0 bridgehead atoms. The van der Waals surface area contributed by atoms with Gasteiger partial charge in [-0.15, -0.1) is 0 Å². The van der Waals surface area contributed by atoms with Crippen molar-refractivity contribution in [2.45, 2.75) is 83.0 Å². The molecule has 2 aliphatic heterocycles. The number of amides is 1. The van der Waals surface area contributed by atoms with Gasteiger partial charge >= 0.3 is 5.97 Å². The minimum absolute atomic E-state index is 0.141. The summed E-state index contributed by atoms with van der Waals surface area (Å²) in [4.78, 5) is 28.5. The van der Waals surface area contributed by atoms with Gasteiger partial charge in [0.2, 0.25) is 5.91 Å². The van der Waals surface area contributed by atoms with Crippen molar-refractivity contribution < 1.29 is 19.1 Å². The van der Waals surface area contributed by atoms with E-state index in [4.69, 9.17) is 15.2 Å². The SMILES string of the molecule is CCOC(=O)CN1CCC(OC2CCN(C(=O)[C@H](N)C3CCCCC3)CC2)CC1. The van der Waals surface area contributed by atoms with E-state index in [-0.39, 0.29) is 30.1 Å². The number of hydrogen-bond donors (Lipinski definition) is 1. The van der Waals surface area contributed by atoms with E-state index < -0.39 is 0 Å². The van der Waals surface area contributed by atoms with Gasteiger partial charge < -0.3 is 20.1 Å². The lowest BCUT2D eigenvalue weighted by atomic mass is 9.83. The third kappa shape index (κ3) is 6.66.